The molecule has 0 aromatic heterocycles. The van der Waals surface area contributed by atoms with Crippen molar-refractivity contribution in [3.63, 3.8) is 0 Å². The number of carbonyl (C=O) groups excluding carboxylic acids is 2. The molecule has 1 N–H and O–H groups in total. The highest BCUT2D eigenvalue weighted by Crippen LogP contribution is 2.28. The first kappa shape index (κ1) is 19.0. The molecule has 27 heavy (non-hydrogen) atoms. The first-order valence-electron chi connectivity index (χ1n) is 9.49. The van der Waals surface area contributed by atoms with Crippen LogP contribution in [0.2, 0.25) is 0 Å². The van der Waals surface area contributed by atoms with Crippen LogP contribution >= 0.6 is 0 Å². The van der Waals surface area contributed by atoms with Gasteiger partial charge < -0.3 is 10.1 Å². The SMILES string of the molecule is CCOc1ccc(CNC(=O)[C@H](C)N2C(=O)CCCc3ccccc32)cc1. The minimum absolute atomic E-state index is 0.00340. The fourth-order valence-corrected chi connectivity index (χ4v) is 3.39. The number of fused-ring (bicyclic) bond motifs is 1. The van der Waals surface area contributed by atoms with Crippen LogP contribution in [0.5, 0.6) is 5.75 Å². The zero-order valence-electron chi connectivity index (χ0n) is 15.9. The third-order valence-electron chi connectivity index (χ3n) is 4.82. The van der Waals surface area contributed by atoms with Gasteiger partial charge in [0.25, 0.3) is 0 Å². The van der Waals surface area contributed by atoms with Gasteiger partial charge in [-0.2, -0.15) is 0 Å². The Balaban J connectivity index is 1.68. The van der Waals surface area contributed by atoms with Gasteiger partial charge in [0.1, 0.15) is 11.8 Å². The van der Waals surface area contributed by atoms with Gasteiger partial charge in [0, 0.05) is 18.7 Å². The van der Waals surface area contributed by atoms with E-state index in [4.69, 9.17) is 4.74 Å². The van der Waals surface area contributed by atoms with E-state index in [0.29, 0.717) is 19.6 Å². The summed E-state index contributed by atoms with van der Waals surface area (Å²) in [7, 11) is 0. The summed E-state index contributed by atoms with van der Waals surface area (Å²) in [6, 6.07) is 14.9. The molecule has 0 saturated heterocycles. The van der Waals surface area contributed by atoms with Crippen LogP contribution in [0.3, 0.4) is 0 Å². The zero-order valence-corrected chi connectivity index (χ0v) is 15.9. The first-order valence-corrected chi connectivity index (χ1v) is 9.49. The number of rotatable bonds is 6. The number of carbonyl (C=O) groups is 2. The summed E-state index contributed by atoms with van der Waals surface area (Å²) in [5.74, 6) is 0.658. The summed E-state index contributed by atoms with van der Waals surface area (Å²) in [6.07, 6.45) is 2.14. The Hall–Kier alpha value is -2.82. The summed E-state index contributed by atoms with van der Waals surface area (Å²) < 4.78 is 5.43. The molecule has 0 spiro atoms. The molecule has 1 aliphatic heterocycles. The zero-order chi connectivity index (χ0) is 19.2. The van der Waals surface area contributed by atoms with Crippen molar-refractivity contribution in [2.75, 3.05) is 11.5 Å². The van der Waals surface area contributed by atoms with E-state index in [1.54, 1.807) is 11.8 Å². The average molecular weight is 366 g/mol. The Bertz CT molecular complexity index is 801. The Morgan fingerprint density at radius 3 is 2.63 bits per heavy atom. The molecule has 2 aromatic rings. The number of benzene rings is 2. The number of nitrogens with zero attached hydrogens (tertiary/aromatic N) is 1. The van der Waals surface area contributed by atoms with Gasteiger partial charge in [0.2, 0.25) is 11.8 Å². The second kappa shape index (κ2) is 8.71. The number of para-hydroxylation sites is 1. The normalized spacial score (nSPS) is 14.9. The lowest BCUT2D eigenvalue weighted by molar-refractivity contribution is -0.126. The van der Waals surface area contributed by atoms with Crippen LogP contribution in [0.4, 0.5) is 5.69 Å². The molecule has 0 unspecified atom stereocenters. The van der Waals surface area contributed by atoms with Gasteiger partial charge in [-0.05, 0) is 56.0 Å². The Labute approximate surface area is 160 Å². The van der Waals surface area contributed by atoms with E-state index in [-0.39, 0.29) is 11.8 Å². The van der Waals surface area contributed by atoms with Crippen molar-refractivity contribution in [2.45, 2.75) is 45.7 Å². The molecular formula is C22H26N2O3. The van der Waals surface area contributed by atoms with Crippen molar-refractivity contribution in [2.24, 2.45) is 0 Å². The van der Waals surface area contributed by atoms with Gasteiger partial charge in [0.15, 0.2) is 0 Å². The van der Waals surface area contributed by atoms with Gasteiger partial charge in [-0.15, -0.1) is 0 Å². The lowest BCUT2D eigenvalue weighted by atomic mass is 10.1. The van der Waals surface area contributed by atoms with Crippen LogP contribution in [-0.4, -0.2) is 24.5 Å². The maximum atomic E-state index is 12.7. The number of anilines is 1. The quantitative estimate of drug-likeness (QED) is 0.852. The maximum absolute atomic E-state index is 12.7. The summed E-state index contributed by atoms with van der Waals surface area (Å²) in [5.41, 5.74) is 2.96. The van der Waals surface area contributed by atoms with Crippen molar-refractivity contribution >= 4 is 17.5 Å². The molecule has 5 nitrogen and oxygen atoms in total. The van der Waals surface area contributed by atoms with E-state index in [1.807, 2.05) is 55.5 Å². The minimum Gasteiger partial charge on any atom is -0.494 e. The lowest BCUT2D eigenvalue weighted by Gasteiger charge is -2.28. The van der Waals surface area contributed by atoms with Gasteiger partial charge in [-0.25, -0.2) is 0 Å². The molecule has 0 fully saturated rings. The number of hydrogen-bond acceptors (Lipinski definition) is 3. The van der Waals surface area contributed by atoms with Gasteiger partial charge >= 0.3 is 0 Å². The fourth-order valence-electron chi connectivity index (χ4n) is 3.39. The topological polar surface area (TPSA) is 58.6 Å². The fraction of sp³-hybridized carbons (Fsp3) is 0.364. The Morgan fingerprint density at radius 2 is 1.89 bits per heavy atom. The van der Waals surface area contributed by atoms with E-state index in [1.165, 1.54) is 0 Å². The molecule has 0 aliphatic carbocycles. The van der Waals surface area contributed by atoms with E-state index in [9.17, 15) is 9.59 Å². The summed E-state index contributed by atoms with van der Waals surface area (Å²) in [5, 5.41) is 2.95. The number of nitrogens with one attached hydrogen (secondary N) is 1. The summed E-state index contributed by atoms with van der Waals surface area (Å²) in [4.78, 5) is 27.0. The molecule has 0 saturated carbocycles. The van der Waals surface area contributed by atoms with Crippen molar-refractivity contribution in [1.29, 1.82) is 0 Å². The largest absolute Gasteiger partial charge is 0.494 e. The summed E-state index contributed by atoms with van der Waals surface area (Å²) >= 11 is 0. The number of amides is 2. The van der Waals surface area contributed by atoms with Crippen molar-refractivity contribution in [3.05, 3.63) is 59.7 Å². The molecule has 3 rings (SSSR count). The van der Waals surface area contributed by atoms with E-state index in [0.717, 1.165) is 35.4 Å². The van der Waals surface area contributed by atoms with E-state index >= 15 is 0 Å². The van der Waals surface area contributed by atoms with Crippen LogP contribution in [-0.2, 0) is 22.6 Å². The standard InChI is InChI=1S/C22H26N2O3/c1-3-27-19-13-11-17(12-14-19)15-23-22(26)16(2)24-20-9-5-4-7-18(20)8-6-10-21(24)25/h4-5,7,9,11-14,16H,3,6,8,10,15H2,1-2H3,(H,23,26)/t16-/m0/s1. The monoisotopic (exact) mass is 366 g/mol. The second-order valence-corrected chi connectivity index (χ2v) is 6.72. The first-order chi connectivity index (χ1) is 13.1. The lowest BCUT2D eigenvalue weighted by Crippen LogP contribution is -2.48. The third-order valence-corrected chi connectivity index (χ3v) is 4.82. The maximum Gasteiger partial charge on any atom is 0.243 e. The van der Waals surface area contributed by atoms with Crippen LogP contribution < -0.4 is 15.0 Å². The predicted octanol–water partition coefficient (Wildman–Crippen LogP) is 3.46. The Morgan fingerprint density at radius 1 is 1.15 bits per heavy atom. The number of aryl methyl sites for hydroxylation is 1. The van der Waals surface area contributed by atoms with Crippen molar-refractivity contribution < 1.29 is 14.3 Å². The molecule has 2 amide bonds. The molecular weight excluding hydrogens is 340 g/mol. The molecule has 0 radical (unpaired) electrons. The molecule has 2 aromatic carbocycles. The summed E-state index contributed by atoms with van der Waals surface area (Å²) in [6.45, 7) is 4.77. The van der Waals surface area contributed by atoms with Crippen LogP contribution in [0, 0.1) is 0 Å². The van der Waals surface area contributed by atoms with Gasteiger partial charge in [-0.1, -0.05) is 30.3 Å². The van der Waals surface area contributed by atoms with Crippen LogP contribution in [0.25, 0.3) is 0 Å². The molecule has 1 atom stereocenters. The van der Waals surface area contributed by atoms with Gasteiger partial charge in [0.05, 0.1) is 6.61 Å². The number of hydrogen-bond donors (Lipinski definition) is 1. The van der Waals surface area contributed by atoms with Crippen molar-refractivity contribution in [1.82, 2.24) is 5.32 Å². The molecule has 5 heteroatoms. The molecule has 142 valence electrons. The highest BCUT2D eigenvalue weighted by Gasteiger charge is 2.30. The van der Waals surface area contributed by atoms with Crippen LogP contribution in [0.15, 0.2) is 48.5 Å². The van der Waals surface area contributed by atoms with E-state index in [2.05, 4.69) is 5.32 Å². The Kier molecular flexibility index (Phi) is 6.12. The highest BCUT2D eigenvalue weighted by atomic mass is 16.5. The predicted molar refractivity (Wildman–Crippen MR) is 106 cm³/mol. The molecule has 1 aliphatic rings. The van der Waals surface area contributed by atoms with Gasteiger partial charge in [-0.3, -0.25) is 14.5 Å². The third kappa shape index (κ3) is 4.48. The van der Waals surface area contributed by atoms with Crippen molar-refractivity contribution in [3.8, 4) is 5.75 Å². The second-order valence-electron chi connectivity index (χ2n) is 6.72. The molecule has 0 bridgehead atoms. The van der Waals surface area contributed by atoms with E-state index < -0.39 is 6.04 Å². The minimum atomic E-state index is -0.556. The molecule has 1 heterocycles. The van der Waals surface area contributed by atoms with Crippen LogP contribution in [0.1, 0.15) is 37.8 Å². The highest BCUT2D eigenvalue weighted by molar-refractivity contribution is 6.01. The average Bonchev–Trinajstić information content (AvgIpc) is 2.85. The smallest absolute Gasteiger partial charge is 0.243 e. The number of ether oxygens (including phenoxy) is 1.